The minimum absolute atomic E-state index is 0.306. The topological polar surface area (TPSA) is 52.3 Å². The molecule has 3 heteroatoms. The van der Waals surface area contributed by atoms with E-state index in [2.05, 4.69) is 12.1 Å². The van der Waals surface area contributed by atoms with Crippen molar-refractivity contribution in [3.63, 3.8) is 0 Å². The number of esters is 1. The predicted octanol–water partition coefficient (Wildman–Crippen LogP) is 3.11. The van der Waals surface area contributed by atoms with E-state index in [0.29, 0.717) is 17.9 Å². The van der Waals surface area contributed by atoms with Crippen molar-refractivity contribution in [3.8, 4) is 0 Å². The van der Waals surface area contributed by atoms with Crippen molar-refractivity contribution >= 4 is 11.7 Å². The molecule has 0 radical (unpaired) electrons. The molecule has 0 saturated carbocycles. The Balaban J connectivity index is 1.66. The number of ether oxygens (including phenoxy) is 1. The molecule has 0 aliphatic heterocycles. The first-order valence-corrected chi connectivity index (χ1v) is 6.86. The molecule has 0 atom stereocenters. The summed E-state index contributed by atoms with van der Waals surface area (Å²) < 4.78 is 5.33. The van der Waals surface area contributed by atoms with Crippen LogP contribution in [0.5, 0.6) is 0 Å². The lowest BCUT2D eigenvalue weighted by Crippen LogP contribution is -2.06. The number of aryl methyl sites for hydroxylation is 2. The number of hydrogen-bond donors (Lipinski definition) is 1. The Hall–Kier alpha value is -2.29. The molecule has 0 heterocycles. The molecule has 0 spiro atoms. The van der Waals surface area contributed by atoms with Crippen LogP contribution in [0.3, 0.4) is 0 Å². The molecule has 2 N–H and O–H groups in total. The number of benzene rings is 2. The van der Waals surface area contributed by atoms with Crippen LogP contribution < -0.4 is 5.73 Å². The van der Waals surface area contributed by atoms with E-state index in [1.54, 1.807) is 24.3 Å². The number of anilines is 1. The highest BCUT2D eigenvalue weighted by Gasteiger charge is 2.12. The summed E-state index contributed by atoms with van der Waals surface area (Å²) in [5, 5.41) is 0. The zero-order valence-electron chi connectivity index (χ0n) is 11.3. The smallest absolute Gasteiger partial charge is 0.338 e. The summed E-state index contributed by atoms with van der Waals surface area (Å²) in [5.41, 5.74) is 10.6. The Labute approximate surface area is 118 Å². The van der Waals surface area contributed by atoms with Crippen LogP contribution in [-0.2, 0) is 24.2 Å². The van der Waals surface area contributed by atoms with Crippen molar-refractivity contribution in [3.05, 3.63) is 64.7 Å². The summed E-state index contributed by atoms with van der Waals surface area (Å²) >= 11 is 0. The van der Waals surface area contributed by atoms with E-state index in [-0.39, 0.29) is 5.97 Å². The van der Waals surface area contributed by atoms with E-state index in [1.165, 1.54) is 24.0 Å². The zero-order chi connectivity index (χ0) is 13.9. The molecule has 20 heavy (non-hydrogen) atoms. The van der Waals surface area contributed by atoms with E-state index < -0.39 is 0 Å². The van der Waals surface area contributed by atoms with Gasteiger partial charge in [0, 0.05) is 5.69 Å². The SMILES string of the molecule is Nc1cccc(C(=O)OCc2ccc3c(c2)CCC3)c1. The van der Waals surface area contributed by atoms with Gasteiger partial charge in [0.25, 0.3) is 0 Å². The average molecular weight is 267 g/mol. The Morgan fingerprint density at radius 2 is 1.95 bits per heavy atom. The number of rotatable bonds is 3. The number of nitrogen functional groups attached to an aromatic ring is 1. The van der Waals surface area contributed by atoms with Crippen molar-refractivity contribution < 1.29 is 9.53 Å². The molecule has 0 fully saturated rings. The molecule has 3 nitrogen and oxygen atoms in total. The molecule has 0 aromatic heterocycles. The number of fused-ring (bicyclic) bond motifs is 1. The summed E-state index contributed by atoms with van der Waals surface area (Å²) in [6.07, 6.45) is 3.52. The van der Waals surface area contributed by atoms with Crippen LogP contribution in [0.15, 0.2) is 42.5 Å². The third-order valence-corrected chi connectivity index (χ3v) is 3.66. The number of nitrogens with two attached hydrogens (primary N) is 1. The van der Waals surface area contributed by atoms with Gasteiger partial charge in [-0.05, 0) is 54.2 Å². The molecule has 2 aromatic rings. The van der Waals surface area contributed by atoms with Gasteiger partial charge in [-0.15, -0.1) is 0 Å². The van der Waals surface area contributed by atoms with Gasteiger partial charge in [-0.2, -0.15) is 0 Å². The van der Waals surface area contributed by atoms with Crippen LogP contribution in [-0.4, -0.2) is 5.97 Å². The van der Waals surface area contributed by atoms with E-state index in [4.69, 9.17) is 10.5 Å². The minimum Gasteiger partial charge on any atom is -0.457 e. The van der Waals surface area contributed by atoms with Crippen LogP contribution in [0.25, 0.3) is 0 Å². The third-order valence-electron chi connectivity index (χ3n) is 3.66. The van der Waals surface area contributed by atoms with Crippen LogP contribution >= 0.6 is 0 Å². The number of carbonyl (C=O) groups is 1. The van der Waals surface area contributed by atoms with Crippen LogP contribution in [0, 0.1) is 0 Å². The Bertz CT molecular complexity index is 649. The van der Waals surface area contributed by atoms with Crippen LogP contribution in [0.2, 0.25) is 0 Å². The van der Waals surface area contributed by atoms with Gasteiger partial charge in [-0.25, -0.2) is 4.79 Å². The van der Waals surface area contributed by atoms with Gasteiger partial charge >= 0.3 is 5.97 Å². The summed E-state index contributed by atoms with van der Waals surface area (Å²) in [5.74, 6) is -0.335. The van der Waals surface area contributed by atoms with Gasteiger partial charge in [0.15, 0.2) is 0 Å². The first-order chi connectivity index (χ1) is 9.72. The van der Waals surface area contributed by atoms with Crippen molar-refractivity contribution in [1.29, 1.82) is 0 Å². The van der Waals surface area contributed by atoms with E-state index >= 15 is 0 Å². The highest BCUT2D eigenvalue weighted by Crippen LogP contribution is 2.23. The largest absolute Gasteiger partial charge is 0.457 e. The van der Waals surface area contributed by atoms with E-state index in [1.807, 2.05) is 6.07 Å². The lowest BCUT2D eigenvalue weighted by atomic mass is 10.1. The molecule has 2 aromatic carbocycles. The summed E-state index contributed by atoms with van der Waals surface area (Å²) in [6.45, 7) is 0.306. The summed E-state index contributed by atoms with van der Waals surface area (Å²) in [7, 11) is 0. The molecular formula is C17H17NO2. The Kier molecular flexibility index (Phi) is 3.42. The maximum absolute atomic E-state index is 11.9. The Morgan fingerprint density at radius 3 is 2.80 bits per heavy atom. The van der Waals surface area contributed by atoms with Gasteiger partial charge in [0.2, 0.25) is 0 Å². The van der Waals surface area contributed by atoms with Gasteiger partial charge in [0.1, 0.15) is 6.61 Å². The normalized spacial score (nSPS) is 13.0. The van der Waals surface area contributed by atoms with E-state index in [9.17, 15) is 4.79 Å². The summed E-state index contributed by atoms with van der Waals surface area (Å²) in [4.78, 5) is 11.9. The van der Waals surface area contributed by atoms with Crippen molar-refractivity contribution in [2.24, 2.45) is 0 Å². The van der Waals surface area contributed by atoms with Gasteiger partial charge in [-0.1, -0.05) is 24.3 Å². The van der Waals surface area contributed by atoms with Crippen molar-refractivity contribution in [1.82, 2.24) is 0 Å². The predicted molar refractivity (Wildman–Crippen MR) is 78.4 cm³/mol. The molecule has 3 rings (SSSR count). The lowest BCUT2D eigenvalue weighted by molar-refractivity contribution is 0.0472. The van der Waals surface area contributed by atoms with Crippen LogP contribution in [0.1, 0.15) is 33.5 Å². The first kappa shape index (κ1) is 12.7. The molecule has 0 unspecified atom stereocenters. The highest BCUT2D eigenvalue weighted by molar-refractivity contribution is 5.90. The first-order valence-electron chi connectivity index (χ1n) is 6.86. The third kappa shape index (κ3) is 2.67. The standard InChI is InChI=1S/C17H17NO2/c18-16-6-2-5-15(10-16)17(19)20-11-12-7-8-13-3-1-4-14(13)9-12/h2,5-10H,1,3-4,11,18H2. The van der Waals surface area contributed by atoms with Gasteiger partial charge in [0.05, 0.1) is 5.56 Å². The lowest BCUT2D eigenvalue weighted by Gasteiger charge is -2.07. The van der Waals surface area contributed by atoms with Crippen LogP contribution in [0.4, 0.5) is 5.69 Å². The van der Waals surface area contributed by atoms with Crippen molar-refractivity contribution in [2.45, 2.75) is 25.9 Å². The molecule has 0 amide bonds. The fourth-order valence-corrected chi connectivity index (χ4v) is 2.61. The Morgan fingerprint density at radius 1 is 1.10 bits per heavy atom. The number of carbonyl (C=O) groups excluding carboxylic acids is 1. The maximum atomic E-state index is 11.9. The van der Waals surface area contributed by atoms with E-state index in [0.717, 1.165) is 12.0 Å². The molecule has 102 valence electrons. The second-order valence-electron chi connectivity index (χ2n) is 5.16. The molecule has 1 aliphatic carbocycles. The highest BCUT2D eigenvalue weighted by atomic mass is 16.5. The zero-order valence-corrected chi connectivity index (χ0v) is 11.3. The fraction of sp³-hybridized carbons (Fsp3) is 0.235. The summed E-state index contributed by atoms with van der Waals surface area (Å²) in [6, 6.07) is 13.2. The minimum atomic E-state index is -0.335. The van der Waals surface area contributed by atoms with Gasteiger partial charge in [-0.3, -0.25) is 0 Å². The second-order valence-corrected chi connectivity index (χ2v) is 5.16. The number of hydrogen-bond acceptors (Lipinski definition) is 3. The molecule has 0 saturated heterocycles. The quantitative estimate of drug-likeness (QED) is 0.686. The fourth-order valence-electron chi connectivity index (χ4n) is 2.61. The van der Waals surface area contributed by atoms with Crippen molar-refractivity contribution in [2.75, 3.05) is 5.73 Å². The molecular weight excluding hydrogens is 250 g/mol. The average Bonchev–Trinajstić information content (AvgIpc) is 2.92. The maximum Gasteiger partial charge on any atom is 0.338 e. The molecule has 0 bridgehead atoms. The second kappa shape index (κ2) is 5.37. The van der Waals surface area contributed by atoms with Gasteiger partial charge < -0.3 is 10.5 Å². The molecule has 1 aliphatic rings. The monoisotopic (exact) mass is 267 g/mol.